The third-order valence-electron chi connectivity index (χ3n) is 5.46. The van der Waals surface area contributed by atoms with Crippen LogP contribution in [0.15, 0.2) is 60.2 Å². The van der Waals surface area contributed by atoms with E-state index in [9.17, 15) is 14.4 Å². The number of amides is 4. The second kappa shape index (κ2) is 9.22. The minimum absolute atomic E-state index is 0.0955. The summed E-state index contributed by atoms with van der Waals surface area (Å²) in [4.78, 5) is 38.8. The number of fused-ring (bicyclic) bond motifs is 1. The lowest BCUT2D eigenvalue weighted by atomic mass is 10.1. The molecule has 1 fully saturated rings. The van der Waals surface area contributed by atoms with Gasteiger partial charge in [0.05, 0.1) is 10.7 Å². The van der Waals surface area contributed by atoms with Crippen LogP contribution < -0.4 is 9.47 Å². The molecule has 0 N–H and O–H groups in total. The van der Waals surface area contributed by atoms with Crippen LogP contribution in [0.5, 0.6) is 11.5 Å². The summed E-state index contributed by atoms with van der Waals surface area (Å²) in [6, 6.07) is 17.0. The van der Waals surface area contributed by atoms with Gasteiger partial charge in [0.25, 0.3) is 11.8 Å². The van der Waals surface area contributed by atoms with Crippen LogP contribution in [0.1, 0.15) is 11.1 Å². The third-order valence-corrected chi connectivity index (χ3v) is 6.26. The fraction of sp³-hybridized carbons (Fsp3) is 0.160. The number of nitrogens with zero attached hydrogens (tertiary/aromatic N) is 2. The largest absolute Gasteiger partial charge is 0.493 e. The van der Waals surface area contributed by atoms with E-state index in [4.69, 9.17) is 9.47 Å². The van der Waals surface area contributed by atoms with E-state index in [1.807, 2.05) is 24.3 Å². The number of hydrogen-bond donors (Lipinski definition) is 0. The molecule has 0 atom stereocenters. The molecule has 0 aromatic heterocycles. The molecule has 0 spiro atoms. The van der Waals surface area contributed by atoms with E-state index in [0.717, 1.165) is 29.7 Å². The summed E-state index contributed by atoms with van der Waals surface area (Å²) in [7, 11) is 4.22. The van der Waals surface area contributed by atoms with Gasteiger partial charge in [-0.1, -0.05) is 42.5 Å². The molecular weight excluding hydrogens is 535 g/mol. The van der Waals surface area contributed by atoms with E-state index in [2.05, 4.69) is 40.8 Å². The molecular formula is C25H21IN2O5. The Kier molecular flexibility index (Phi) is 6.37. The maximum Gasteiger partial charge on any atom is 0.333 e. The molecule has 4 amide bonds. The van der Waals surface area contributed by atoms with Crippen molar-refractivity contribution in [1.29, 1.82) is 0 Å². The second-order valence-corrected chi connectivity index (χ2v) is 8.69. The van der Waals surface area contributed by atoms with E-state index in [1.165, 1.54) is 27.3 Å². The molecule has 0 unspecified atom stereocenters. The zero-order chi connectivity index (χ0) is 23.7. The number of rotatable bonds is 5. The molecule has 1 saturated heterocycles. The molecule has 0 aliphatic carbocycles. The average molecular weight is 556 g/mol. The molecule has 3 aromatic rings. The highest BCUT2D eigenvalue weighted by Gasteiger charge is 2.37. The van der Waals surface area contributed by atoms with E-state index >= 15 is 0 Å². The monoisotopic (exact) mass is 556 g/mol. The maximum atomic E-state index is 12.5. The molecule has 0 radical (unpaired) electrons. The first kappa shape index (κ1) is 22.8. The Labute approximate surface area is 204 Å². The SMILES string of the molecule is COc1cc(C=C2C(=O)N(C)C(=O)N(C)C2=O)cc(I)c1OCc1cccc2ccccc12. The molecule has 8 heteroatoms. The van der Waals surface area contributed by atoms with Gasteiger partial charge in [-0.3, -0.25) is 19.4 Å². The minimum Gasteiger partial charge on any atom is -0.493 e. The summed E-state index contributed by atoms with van der Waals surface area (Å²) in [5.41, 5.74) is 1.54. The highest BCUT2D eigenvalue weighted by molar-refractivity contribution is 14.1. The summed E-state index contributed by atoms with van der Waals surface area (Å²) in [6.07, 6.45) is 1.46. The lowest BCUT2D eigenvalue weighted by molar-refractivity contribution is -0.134. The van der Waals surface area contributed by atoms with Gasteiger partial charge in [0.2, 0.25) is 0 Å². The summed E-state index contributed by atoms with van der Waals surface area (Å²) < 4.78 is 12.4. The zero-order valence-corrected chi connectivity index (χ0v) is 20.5. The molecule has 0 bridgehead atoms. The molecule has 1 aliphatic heterocycles. The fourth-order valence-corrected chi connectivity index (χ4v) is 4.45. The van der Waals surface area contributed by atoms with Crippen molar-refractivity contribution >= 4 is 57.3 Å². The van der Waals surface area contributed by atoms with Crippen LogP contribution in [0.2, 0.25) is 0 Å². The number of urea groups is 1. The van der Waals surface area contributed by atoms with Crippen molar-refractivity contribution in [3.63, 3.8) is 0 Å². The van der Waals surface area contributed by atoms with Crippen molar-refractivity contribution in [3.05, 3.63) is 74.9 Å². The highest BCUT2D eigenvalue weighted by atomic mass is 127. The highest BCUT2D eigenvalue weighted by Crippen LogP contribution is 2.36. The average Bonchev–Trinajstić information content (AvgIpc) is 2.83. The number of carbonyl (C=O) groups is 3. The van der Waals surface area contributed by atoms with Gasteiger partial charge in [-0.05, 0) is 62.7 Å². The molecule has 0 saturated carbocycles. The van der Waals surface area contributed by atoms with E-state index in [0.29, 0.717) is 23.7 Å². The number of carbonyl (C=O) groups excluding carboxylic acids is 3. The van der Waals surface area contributed by atoms with Gasteiger partial charge in [-0.15, -0.1) is 0 Å². The summed E-state index contributed by atoms with van der Waals surface area (Å²) in [6.45, 7) is 0.350. The molecule has 33 heavy (non-hydrogen) atoms. The lowest BCUT2D eigenvalue weighted by Gasteiger charge is -2.28. The molecule has 168 valence electrons. The van der Waals surface area contributed by atoms with E-state index < -0.39 is 17.8 Å². The van der Waals surface area contributed by atoms with Crippen LogP contribution in [0.25, 0.3) is 16.8 Å². The second-order valence-electron chi connectivity index (χ2n) is 7.53. The van der Waals surface area contributed by atoms with Gasteiger partial charge in [0, 0.05) is 14.1 Å². The van der Waals surface area contributed by atoms with Gasteiger partial charge >= 0.3 is 6.03 Å². The van der Waals surface area contributed by atoms with Gasteiger partial charge in [0.15, 0.2) is 11.5 Å². The number of benzene rings is 3. The number of likely N-dealkylation sites (N-methyl/N-ethyl adjacent to an activating group) is 2. The van der Waals surface area contributed by atoms with Gasteiger partial charge in [-0.2, -0.15) is 0 Å². The fourth-order valence-electron chi connectivity index (χ4n) is 3.67. The summed E-state index contributed by atoms with van der Waals surface area (Å²) >= 11 is 2.13. The lowest BCUT2D eigenvalue weighted by Crippen LogP contribution is -2.52. The number of ether oxygens (including phenoxy) is 2. The van der Waals surface area contributed by atoms with Crippen molar-refractivity contribution in [2.24, 2.45) is 0 Å². The normalized spacial score (nSPS) is 14.2. The van der Waals surface area contributed by atoms with Crippen LogP contribution >= 0.6 is 22.6 Å². The van der Waals surface area contributed by atoms with Crippen LogP contribution in [-0.2, 0) is 16.2 Å². The van der Waals surface area contributed by atoms with Crippen LogP contribution in [0.4, 0.5) is 4.79 Å². The summed E-state index contributed by atoms with van der Waals surface area (Å²) in [5.74, 6) is -0.247. The van der Waals surface area contributed by atoms with E-state index in [1.54, 1.807) is 12.1 Å². The molecule has 7 nitrogen and oxygen atoms in total. The number of imide groups is 2. The number of barbiturate groups is 1. The molecule has 1 aliphatic rings. The molecule has 4 rings (SSSR count). The first-order chi connectivity index (χ1) is 15.8. The minimum atomic E-state index is -0.661. The van der Waals surface area contributed by atoms with Crippen molar-refractivity contribution < 1.29 is 23.9 Å². The Morgan fingerprint density at radius 1 is 0.939 bits per heavy atom. The van der Waals surface area contributed by atoms with Gasteiger partial charge < -0.3 is 9.47 Å². The standard InChI is InChI=1S/C25H21IN2O5/c1-27-23(29)19(24(30)28(2)25(27)31)11-15-12-20(26)22(21(13-15)32-3)33-14-17-9-6-8-16-7-4-5-10-18(16)17/h4-13H,14H2,1-3H3. The Bertz CT molecular complexity index is 1290. The Balaban J connectivity index is 1.65. The van der Waals surface area contributed by atoms with E-state index in [-0.39, 0.29) is 5.57 Å². The Morgan fingerprint density at radius 2 is 1.61 bits per heavy atom. The van der Waals surface area contributed by atoms with Crippen LogP contribution in [0, 0.1) is 3.57 Å². The third kappa shape index (κ3) is 4.30. The first-order valence-corrected chi connectivity index (χ1v) is 11.2. The Hall–Kier alpha value is -3.40. The van der Waals surface area contributed by atoms with Crippen LogP contribution in [0.3, 0.4) is 0 Å². The Morgan fingerprint density at radius 3 is 2.30 bits per heavy atom. The van der Waals surface area contributed by atoms with Crippen molar-refractivity contribution in [2.75, 3.05) is 21.2 Å². The quantitative estimate of drug-likeness (QED) is 0.264. The van der Waals surface area contributed by atoms with Gasteiger partial charge in [-0.25, -0.2) is 4.79 Å². The van der Waals surface area contributed by atoms with Crippen molar-refractivity contribution in [2.45, 2.75) is 6.61 Å². The number of halogens is 1. The van der Waals surface area contributed by atoms with Gasteiger partial charge in [0.1, 0.15) is 12.2 Å². The van der Waals surface area contributed by atoms with Crippen LogP contribution in [-0.4, -0.2) is 48.9 Å². The molecule has 1 heterocycles. The smallest absolute Gasteiger partial charge is 0.333 e. The summed E-state index contributed by atoms with van der Waals surface area (Å²) in [5, 5.41) is 2.25. The maximum absolute atomic E-state index is 12.5. The van der Waals surface area contributed by atoms with Crippen molar-refractivity contribution in [1.82, 2.24) is 9.80 Å². The molecule has 3 aromatic carbocycles. The first-order valence-electron chi connectivity index (χ1n) is 10.1. The van der Waals surface area contributed by atoms with Crippen molar-refractivity contribution in [3.8, 4) is 11.5 Å². The zero-order valence-electron chi connectivity index (χ0n) is 18.3. The predicted molar refractivity (Wildman–Crippen MR) is 133 cm³/mol. The predicted octanol–water partition coefficient (Wildman–Crippen LogP) is 4.47. The number of hydrogen-bond acceptors (Lipinski definition) is 5. The number of methoxy groups -OCH3 is 1. The topological polar surface area (TPSA) is 76.2 Å².